The second-order valence-electron chi connectivity index (χ2n) is 3.45. The minimum atomic E-state index is -0.771. The van der Waals surface area contributed by atoms with E-state index in [0.29, 0.717) is 0 Å². The summed E-state index contributed by atoms with van der Waals surface area (Å²) in [4.78, 5) is 20.1. The van der Waals surface area contributed by atoms with Gasteiger partial charge in [-0.25, -0.2) is 0 Å². The lowest BCUT2D eigenvalue weighted by molar-refractivity contribution is -0.395. The summed E-state index contributed by atoms with van der Waals surface area (Å²) in [5, 5.41) is 41.9. The Bertz CT molecular complexity index is 646. The smallest absolute Gasteiger partial charge is 0.276 e. The van der Waals surface area contributed by atoms with Crippen molar-refractivity contribution in [2.24, 2.45) is 5.10 Å². The Labute approximate surface area is 111 Å². The first-order valence-electron chi connectivity index (χ1n) is 4.98. The number of anilines is 1. The lowest BCUT2D eigenvalue weighted by Crippen LogP contribution is -2.01. The molecule has 0 amide bonds. The predicted molar refractivity (Wildman–Crippen MR) is 66.8 cm³/mol. The van der Waals surface area contributed by atoms with Crippen molar-refractivity contribution in [3.8, 4) is 12.1 Å². The minimum Gasteiger partial charge on any atom is -0.276 e. The molecule has 1 aromatic rings. The number of nitro benzene ring substituents is 2. The first kappa shape index (κ1) is 14.5. The predicted octanol–water partition coefficient (Wildman–Crippen LogP) is 1.63. The summed E-state index contributed by atoms with van der Waals surface area (Å²) in [7, 11) is 0. The van der Waals surface area contributed by atoms with Crippen molar-refractivity contribution in [1.29, 1.82) is 10.5 Å². The molecule has 0 heterocycles. The molecule has 1 aromatic carbocycles. The summed E-state index contributed by atoms with van der Waals surface area (Å²) in [5.74, 6) is 0. The van der Waals surface area contributed by atoms with Gasteiger partial charge in [-0.2, -0.15) is 15.6 Å². The van der Waals surface area contributed by atoms with Crippen molar-refractivity contribution in [1.82, 2.24) is 0 Å². The Morgan fingerprint density at radius 3 is 2.00 bits per heavy atom. The van der Waals surface area contributed by atoms with Gasteiger partial charge in [-0.05, 0) is 6.92 Å². The molecule has 0 saturated carbocycles. The highest BCUT2D eigenvalue weighted by Crippen LogP contribution is 2.31. The molecule has 20 heavy (non-hydrogen) atoms. The van der Waals surface area contributed by atoms with Crippen molar-refractivity contribution >= 4 is 22.8 Å². The van der Waals surface area contributed by atoms with E-state index in [4.69, 9.17) is 10.5 Å². The zero-order valence-corrected chi connectivity index (χ0v) is 10.0. The topological polar surface area (TPSA) is 158 Å². The molecule has 0 atom stereocenters. The molecular formula is C10H6N6O4. The molecule has 1 N–H and O–H groups in total. The van der Waals surface area contributed by atoms with Crippen molar-refractivity contribution < 1.29 is 9.85 Å². The molecule has 0 radical (unpaired) electrons. The van der Waals surface area contributed by atoms with Crippen LogP contribution in [0.3, 0.4) is 0 Å². The zero-order chi connectivity index (χ0) is 15.3. The van der Waals surface area contributed by atoms with Gasteiger partial charge in [0.1, 0.15) is 17.7 Å². The average molecular weight is 274 g/mol. The molecule has 0 aliphatic heterocycles. The number of hydrogen-bond acceptors (Lipinski definition) is 8. The summed E-state index contributed by atoms with van der Waals surface area (Å²) in [6, 6.07) is 4.99. The highest BCUT2D eigenvalue weighted by atomic mass is 16.6. The molecule has 0 fully saturated rings. The van der Waals surface area contributed by atoms with E-state index < -0.39 is 26.9 Å². The van der Waals surface area contributed by atoms with Gasteiger partial charge in [0.15, 0.2) is 0 Å². The van der Waals surface area contributed by atoms with Crippen LogP contribution in [0.2, 0.25) is 0 Å². The highest BCUT2D eigenvalue weighted by molar-refractivity contribution is 6.10. The molecule has 1 rings (SSSR count). The number of nitro groups is 2. The first-order valence-corrected chi connectivity index (χ1v) is 4.98. The summed E-state index contributed by atoms with van der Waals surface area (Å²) >= 11 is 0. The standard InChI is InChI=1S/C10H6N6O4/c1-6-9(15(17)18)2-7(3-10(6)16(19)20)13-14-8(4-11)5-12/h2-3,13H,1H3. The van der Waals surface area contributed by atoms with Crippen LogP contribution in [-0.4, -0.2) is 15.6 Å². The second-order valence-corrected chi connectivity index (χ2v) is 3.45. The molecule has 0 aliphatic rings. The van der Waals surface area contributed by atoms with E-state index in [-0.39, 0.29) is 11.3 Å². The molecule has 10 nitrogen and oxygen atoms in total. The maximum absolute atomic E-state index is 10.8. The number of hydrazone groups is 1. The maximum Gasteiger partial charge on any atom is 0.281 e. The van der Waals surface area contributed by atoms with E-state index in [0.717, 1.165) is 12.1 Å². The van der Waals surface area contributed by atoms with Crippen LogP contribution in [-0.2, 0) is 0 Å². The fraction of sp³-hybridized carbons (Fsp3) is 0.100. The number of benzene rings is 1. The fourth-order valence-corrected chi connectivity index (χ4v) is 1.32. The molecule has 0 saturated heterocycles. The molecule has 0 aliphatic carbocycles. The van der Waals surface area contributed by atoms with Gasteiger partial charge < -0.3 is 0 Å². The first-order chi connectivity index (χ1) is 9.40. The lowest BCUT2D eigenvalue weighted by atomic mass is 10.1. The molecule has 0 spiro atoms. The Morgan fingerprint density at radius 2 is 1.65 bits per heavy atom. The molecule has 0 aromatic heterocycles. The van der Waals surface area contributed by atoms with Crippen LogP contribution in [0.25, 0.3) is 0 Å². The number of nitriles is 2. The van der Waals surface area contributed by atoms with Gasteiger partial charge in [0, 0.05) is 12.1 Å². The Morgan fingerprint density at radius 1 is 1.20 bits per heavy atom. The molecule has 0 bridgehead atoms. The molecule has 10 heteroatoms. The summed E-state index contributed by atoms with van der Waals surface area (Å²) in [6.45, 7) is 1.25. The van der Waals surface area contributed by atoms with Gasteiger partial charge in [0.25, 0.3) is 11.4 Å². The second kappa shape index (κ2) is 5.88. The quantitative estimate of drug-likeness (QED) is 0.496. The van der Waals surface area contributed by atoms with E-state index in [9.17, 15) is 20.2 Å². The van der Waals surface area contributed by atoms with Crippen molar-refractivity contribution in [2.45, 2.75) is 6.92 Å². The van der Waals surface area contributed by atoms with Gasteiger partial charge in [-0.3, -0.25) is 25.7 Å². The van der Waals surface area contributed by atoms with Crippen molar-refractivity contribution in [3.05, 3.63) is 37.9 Å². The molecule has 100 valence electrons. The Balaban J connectivity index is 3.33. The van der Waals surface area contributed by atoms with Gasteiger partial charge in [-0.1, -0.05) is 0 Å². The summed E-state index contributed by atoms with van der Waals surface area (Å²) < 4.78 is 0. The lowest BCUT2D eigenvalue weighted by Gasteiger charge is -2.03. The fourth-order valence-electron chi connectivity index (χ4n) is 1.32. The average Bonchev–Trinajstić information content (AvgIpc) is 2.40. The highest BCUT2D eigenvalue weighted by Gasteiger charge is 2.23. The molecule has 0 unspecified atom stereocenters. The third kappa shape index (κ3) is 3.02. The third-order valence-electron chi connectivity index (χ3n) is 2.25. The van der Waals surface area contributed by atoms with E-state index in [2.05, 4.69) is 10.5 Å². The van der Waals surface area contributed by atoms with E-state index in [1.54, 1.807) is 0 Å². The summed E-state index contributed by atoms with van der Waals surface area (Å²) in [5.41, 5.74) is 0.576. The van der Waals surface area contributed by atoms with Crippen molar-refractivity contribution in [2.75, 3.05) is 5.43 Å². The van der Waals surface area contributed by atoms with Gasteiger partial charge in [0.2, 0.25) is 5.71 Å². The maximum atomic E-state index is 10.8. The number of nitrogens with zero attached hydrogens (tertiary/aromatic N) is 5. The summed E-state index contributed by atoms with van der Waals surface area (Å²) in [6.07, 6.45) is 0. The zero-order valence-electron chi connectivity index (χ0n) is 10.0. The van der Waals surface area contributed by atoms with Gasteiger partial charge in [-0.15, -0.1) is 0 Å². The van der Waals surface area contributed by atoms with Crippen LogP contribution in [0.15, 0.2) is 17.2 Å². The van der Waals surface area contributed by atoms with Gasteiger partial charge in [0.05, 0.1) is 15.5 Å². The minimum absolute atomic E-state index is 0.0722. The van der Waals surface area contributed by atoms with E-state index in [1.165, 1.54) is 19.1 Å². The van der Waals surface area contributed by atoms with Crippen LogP contribution in [0.4, 0.5) is 17.1 Å². The van der Waals surface area contributed by atoms with Crippen LogP contribution in [0, 0.1) is 49.8 Å². The number of nitrogens with one attached hydrogen (secondary N) is 1. The Kier molecular flexibility index (Phi) is 4.27. The monoisotopic (exact) mass is 274 g/mol. The third-order valence-corrected chi connectivity index (χ3v) is 2.25. The SMILES string of the molecule is Cc1c([N+](=O)[O-])cc(NN=C(C#N)C#N)cc1[N+](=O)[O-]. The Hall–Kier alpha value is -3.53. The van der Waals surface area contributed by atoms with Crippen LogP contribution in [0.1, 0.15) is 5.56 Å². The largest absolute Gasteiger partial charge is 0.281 e. The molecular weight excluding hydrogens is 268 g/mol. The van der Waals surface area contributed by atoms with Crippen molar-refractivity contribution in [3.63, 3.8) is 0 Å². The van der Waals surface area contributed by atoms with E-state index >= 15 is 0 Å². The van der Waals surface area contributed by atoms with Gasteiger partial charge >= 0.3 is 0 Å². The van der Waals surface area contributed by atoms with Crippen LogP contribution < -0.4 is 5.43 Å². The van der Waals surface area contributed by atoms with Crippen LogP contribution in [0.5, 0.6) is 0 Å². The van der Waals surface area contributed by atoms with E-state index in [1.807, 2.05) is 0 Å². The normalized spacial score (nSPS) is 8.95. The number of hydrogen-bond donors (Lipinski definition) is 1. The van der Waals surface area contributed by atoms with Crippen LogP contribution >= 0.6 is 0 Å². The number of rotatable bonds is 4.